The van der Waals surface area contributed by atoms with Crippen LogP contribution in [0.1, 0.15) is 18.9 Å². The number of ether oxygens (including phenoxy) is 7. The predicted octanol–water partition coefficient (Wildman–Crippen LogP) is 2.89. The van der Waals surface area contributed by atoms with Crippen LogP contribution >= 0.6 is 0 Å². The lowest BCUT2D eigenvalue weighted by Crippen LogP contribution is -2.36. The number of H-pyrrole nitrogens is 1. The molecule has 0 amide bonds. The van der Waals surface area contributed by atoms with Crippen LogP contribution in [0.15, 0.2) is 66.0 Å². The lowest BCUT2D eigenvalue weighted by molar-refractivity contribution is -0.493. The molecule has 3 N–H and O–H groups in total. The number of tetrazole rings is 1. The average molecular weight is 843 g/mol. The van der Waals surface area contributed by atoms with Gasteiger partial charge in [0.25, 0.3) is 15.9 Å². The van der Waals surface area contributed by atoms with Gasteiger partial charge in [-0.2, -0.15) is 13.4 Å². The van der Waals surface area contributed by atoms with Crippen LogP contribution in [0.25, 0.3) is 22.9 Å². The second-order valence-corrected chi connectivity index (χ2v) is 13.3. The van der Waals surface area contributed by atoms with Gasteiger partial charge in [0.1, 0.15) is 25.5 Å². The minimum Gasteiger partial charge on any atom is -0.493 e. The van der Waals surface area contributed by atoms with E-state index in [2.05, 4.69) is 45.4 Å². The molecule has 5 rings (SSSR count). The number of benzene rings is 1. The first-order valence-electron chi connectivity index (χ1n) is 17.4. The third-order valence-corrected chi connectivity index (χ3v) is 9.06. The minimum absolute atomic E-state index is 0.0705. The van der Waals surface area contributed by atoms with Gasteiger partial charge in [-0.3, -0.25) is 20.2 Å². The highest BCUT2D eigenvalue weighted by Crippen LogP contribution is 2.44. The van der Waals surface area contributed by atoms with Crippen molar-refractivity contribution in [1.82, 2.24) is 45.9 Å². The molecule has 0 atom stereocenters. The van der Waals surface area contributed by atoms with E-state index in [1.807, 2.05) is 0 Å². The number of carbonyl (C=O) groups excluding carboxylic acids is 2. The Kier molecular flexibility index (Phi) is 15.6. The van der Waals surface area contributed by atoms with Crippen molar-refractivity contribution in [2.24, 2.45) is 0 Å². The maximum atomic E-state index is 14.6. The number of esters is 1. The van der Waals surface area contributed by atoms with Gasteiger partial charge in [-0.1, -0.05) is 25.1 Å². The Labute approximate surface area is 335 Å². The zero-order valence-electron chi connectivity index (χ0n) is 31.7. The number of para-hydroxylation sites is 2. The van der Waals surface area contributed by atoms with Crippen LogP contribution < -0.4 is 18.5 Å². The molecule has 0 spiro atoms. The molecule has 24 nitrogen and oxygen atoms in total. The molecule has 1 aromatic carbocycles. The SMILES string of the molecule is CCC(=O)OCCOc1nc(-c2ccnc(-c3nnn[nH]3)c2)nc(N(COC(=O)OCCOCCON(O)O)S(=O)(=O)c2ccc(C)cn2)c1Oc1ccccc1OC. The quantitative estimate of drug-likeness (QED) is 0.0390. The van der Waals surface area contributed by atoms with Gasteiger partial charge < -0.3 is 33.2 Å². The number of aryl methyl sites for hydroxylation is 1. The van der Waals surface area contributed by atoms with Crippen LogP contribution in [0.4, 0.5) is 10.6 Å². The summed E-state index contributed by atoms with van der Waals surface area (Å²) < 4.78 is 68.4. The summed E-state index contributed by atoms with van der Waals surface area (Å²) in [5.41, 5.74) is 1.18. The second-order valence-electron chi connectivity index (χ2n) is 11.5. The molecule has 0 aliphatic heterocycles. The molecule has 59 heavy (non-hydrogen) atoms. The van der Waals surface area contributed by atoms with E-state index in [0.717, 1.165) is 0 Å². The number of carbonyl (C=O) groups is 2. The van der Waals surface area contributed by atoms with Crippen molar-refractivity contribution >= 4 is 28.0 Å². The number of aromatic nitrogens is 8. The number of hydrogen-bond donors (Lipinski definition) is 3. The van der Waals surface area contributed by atoms with Crippen molar-refractivity contribution in [1.29, 1.82) is 0 Å². The molecular weight excluding hydrogens is 804 g/mol. The van der Waals surface area contributed by atoms with E-state index >= 15 is 0 Å². The van der Waals surface area contributed by atoms with Gasteiger partial charge >= 0.3 is 12.1 Å². The Morgan fingerprint density at radius 3 is 2.39 bits per heavy atom. The van der Waals surface area contributed by atoms with Gasteiger partial charge in [0.05, 0.1) is 32.3 Å². The van der Waals surface area contributed by atoms with Crippen molar-refractivity contribution < 1.29 is 66.4 Å². The van der Waals surface area contributed by atoms with E-state index in [1.54, 1.807) is 32.0 Å². The van der Waals surface area contributed by atoms with Crippen molar-refractivity contribution in [2.45, 2.75) is 25.3 Å². The standard InChI is InChI=1S/C34H38N10O14S/c1-4-28(45)53-16-17-54-33-29(58-26-8-6-5-7-25(26)51-3)32(37-30(38-33)23-11-12-35-24(19-23)31-39-41-42-40-31)43(59(49,50)27-10-9-22(2)20-36-27)21-56-34(46)55-15-13-52-14-18-57-44(47)48/h5-12,19-20,47-48H,4,13-18,21H2,1-3H3,(H,39,40,41,42). The predicted molar refractivity (Wildman–Crippen MR) is 196 cm³/mol. The second kappa shape index (κ2) is 21.2. The Morgan fingerprint density at radius 1 is 0.898 bits per heavy atom. The first-order valence-corrected chi connectivity index (χ1v) is 18.8. The Hall–Kier alpha value is -6.64. The lowest BCUT2D eigenvalue weighted by atomic mass is 10.2. The Bertz CT molecular complexity index is 2250. The number of methoxy groups -OCH3 is 1. The number of hydrogen-bond acceptors (Lipinski definition) is 22. The normalized spacial score (nSPS) is 11.2. The fourth-order valence-electron chi connectivity index (χ4n) is 4.66. The summed E-state index contributed by atoms with van der Waals surface area (Å²) in [6, 6.07) is 12.2. The van der Waals surface area contributed by atoms with E-state index < -0.39 is 50.9 Å². The largest absolute Gasteiger partial charge is 0.510 e. The van der Waals surface area contributed by atoms with Gasteiger partial charge in [0.15, 0.2) is 40.7 Å². The van der Waals surface area contributed by atoms with Crippen LogP contribution in [-0.2, 0) is 38.6 Å². The fraction of sp³-hybridized carbons (Fsp3) is 0.324. The third kappa shape index (κ3) is 12.2. The molecule has 0 unspecified atom stereocenters. The molecular formula is C34H38N10O14S. The number of sulfonamides is 1. The molecule has 0 saturated carbocycles. The first kappa shape index (κ1) is 43.5. The fourth-order valence-corrected chi connectivity index (χ4v) is 5.86. The summed E-state index contributed by atoms with van der Waals surface area (Å²) in [6.45, 7) is 0.913. The minimum atomic E-state index is -4.80. The molecule has 4 heterocycles. The van der Waals surface area contributed by atoms with Crippen molar-refractivity contribution in [3.63, 3.8) is 0 Å². The number of aromatic amines is 1. The van der Waals surface area contributed by atoms with E-state index in [0.29, 0.717) is 9.87 Å². The van der Waals surface area contributed by atoms with Crippen molar-refractivity contribution in [3.8, 4) is 46.0 Å². The maximum Gasteiger partial charge on any atom is 0.510 e. The van der Waals surface area contributed by atoms with Crippen LogP contribution in [0.5, 0.6) is 23.1 Å². The highest BCUT2D eigenvalue weighted by molar-refractivity contribution is 7.92. The highest BCUT2D eigenvalue weighted by Gasteiger charge is 2.35. The number of rotatable bonds is 22. The molecule has 25 heteroatoms. The molecule has 5 aromatic rings. The van der Waals surface area contributed by atoms with Crippen LogP contribution in [0.3, 0.4) is 0 Å². The smallest absolute Gasteiger partial charge is 0.493 e. The molecule has 0 aliphatic rings. The number of nitrogens with one attached hydrogen (secondary N) is 1. The van der Waals surface area contributed by atoms with E-state index in [4.69, 9.17) is 43.6 Å². The molecule has 0 fully saturated rings. The zero-order chi connectivity index (χ0) is 42.2. The van der Waals surface area contributed by atoms with Gasteiger partial charge in [0.2, 0.25) is 5.75 Å². The van der Waals surface area contributed by atoms with E-state index in [1.165, 1.54) is 49.8 Å². The average Bonchev–Trinajstić information content (AvgIpc) is 3.78. The Balaban J connectivity index is 1.62. The van der Waals surface area contributed by atoms with Crippen LogP contribution in [0, 0.1) is 6.92 Å². The third-order valence-electron chi connectivity index (χ3n) is 7.43. The Morgan fingerprint density at radius 2 is 1.68 bits per heavy atom. The van der Waals surface area contributed by atoms with Crippen LogP contribution in [-0.4, -0.2) is 130 Å². The van der Waals surface area contributed by atoms with Gasteiger partial charge in [0, 0.05) is 24.4 Å². The molecule has 0 bridgehead atoms. The molecule has 0 saturated heterocycles. The summed E-state index contributed by atoms with van der Waals surface area (Å²) in [4.78, 5) is 46.8. The van der Waals surface area contributed by atoms with E-state index in [-0.39, 0.29) is 86.3 Å². The highest BCUT2D eigenvalue weighted by atomic mass is 32.2. The molecule has 0 radical (unpaired) electrons. The number of nitrogens with zero attached hydrogens (tertiary/aromatic N) is 9. The van der Waals surface area contributed by atoms with Gasteiger partial charge in [-0.05, 0) is 53.2 Å². The van der Waals surface area contributed by atoms with Crippen LogP contribution in [0.2, 0.25) is 0 Å². The zero-order valence-corrected chi connectivity index (χ0v) is 32.5. The molecule has 0 aliphatic carbocycles. The lowest BCUT2D eigenvalue weighted by Gasteiger charge is -2.26. The number of anilines is 1. The topological polar surface area (TPSA) is 295 Å². The monoisotopic (exact) mass is 842 g/mol. The van der Waals surface area contributed by atoms with Gasteiger partial charge in [-0.25, -0.2) is 29.0 Å². The summed E-state index contributed by atoms with van der Waals surface area (Å²) in [6.07, 6.45) is 1.53. The summed E-state index contributed by atoms with van der Waals surface area (Å²) in [5.74, 6) is -1.41. The van der Waals surface area contributed by atoms with Gasteiger partial charge in [-0.15, -0.1) is 5.10 Å². The maximum absolute atomic E-state index is 14.6. The van der Waals surface area contributed by atoms with E-state index in [9.17, 15) is 18.0 Å². The molecule has 4 aromatic heterocycles. The number of pyridine rings is 2. The molecule has 314 valence electrons. The first-order chi connectivity index (χ1) is 28.5. The summed E-state index contributed by atoms with van der Waals surface area (Å²) >= 11 is 0. The van der Waals surface area contributed by atoms with Crippen molar-refractivity contribution in [3.05, 3.63) is 66.5 Å². The van der Waals surface area contributed by atoms with Crippen molar-refractivity contribution in [2.75, 3.05) is 57.8 Å². The summed E-state index contributed by atoms with van der Waals surface area (Å²) in [5, 5.41) is 29.9. The summed E-state index contributed by atoms with van der Waals surface area (Å²) in [7, 11) is -3.41.